The Morgan fingerprint density at radius 2 is 1.22 bits per heavy atom. The van der Waals surface area contributed by atoms with Crippen LogP contribution in [-0.2, 0) is 0 Å². The molecule has 0 aliphatic rings. The summed E-state index contributed by atoms with van der Waals surface area (Å²) in [4.78, 5) is 0. The van der Waals surface area contributed by atoms with Gasteiger partial charge in [0, 0.05) is 0 Å². The van der Waals surface area contributed by atoms with Crippen LogP contribution < -0.4 is 9.61 Å². The van der Waals surface area contributed by atoms with Crippen LogP contribution in [0.25, 0.3) is 0 Å². The largest absolute Gasteiger partial charge is 0.540 e. The zero-order chi connectivity index (χ0) is 13.2. The zero-order valence-corrected chi connectivity index (χ0v) is 11.4. The minimum Gasteiger partial charge on any atom is -0.540 e. The van der Waals surface area contributed by atoms with Gasteiger partial charge in [0.25, 0.3) is 8.32 Å². The molecule has 4 heteroatoms. The molecule has 94 valence electrons. The molecule has 2 aromatic rings. The van der Waals surface area contributed by atoms with Crippen molar-refractivity contribution in [1.82, 2.24) is 0 Å². The lowest BCUT2D eigenvalue weighted by molar-refractivity contribution is 0.472. The van der Waals surface area contributed by atoms with E-state index in [0.717, 1.165) is 10.9 Å². The van der Waals surface area contributed by atoms with Gasteiger partial charge in [-0.1, -0.05) is 12.1 Å². The molecule has 0 unspecified atom stereocenters. The molecule has 3 nitrogen and oxygen atoms in total. The summed E-state index contributed by atoms with van der Waals surface area (Å²) in [6, 6.07) is 13.8. The van der Waals surface area contributed by atoms with Crippen LogP contribution in [0, 0.1) is 0 Å². The first-order chi connectivity index (χ1) is 8.47. The van der Waals surface area contributed by atoms with Crippen molar-refractivity contribution in [2.45, 2.75) is 13.1 Å². The van der Waals surface area contributed by atoms with Gasteiger partial charge in [-0.05, 0) is 54.7 Å². The van der Waals surface area contributed by atoms with Crippen LogP contribution in [0.15, 0.2) is 48.5 Å². The predicted molar refractivity (Wildman–Crippen MR) is 74.0 cm³/mol. The Morgan fingerprint density at radius 1 is 0.778 bits per heavy atom. The van der Waals surface area contributed by atoms with Crippen molar-refractivity contribution in [2.75, 3.05) is 0 Å². The topological polar surface area (TPSA) is 49.7 Å². The highest BCUT2D eigenvalue weighted by molar-refractivity contribution is 6.84. The van der Waals surface area contributed by atoms with Crippen LogP contribution in [0.4, 0.5) is 0 Å². The summed E-state index contributed by atoms with van der Waals surface area (Å²) in [6.45, 7) is 4.18. The number of hydrogen-bond donors (Lipinski definition) is 2. The standard InChI is InChI=1S/C14H16O3Si/c1-18(2,14-9-5-12(16)6-10-14)17-13-7-3-11(15)4-8-13/h3-10,15-16H,1-2H3. The third-order valence-corrected chi connectivity index (χ3v) is 5.24. The van der Waals surface area contributed by atoms with E-state index in [0.29, 0.717) is 0 Å². The quantitative estimate of drug-likeness (QED) is 0.834. The predicted octanol–water partition coefficient (Wildman–Crippen LogP) is 2.59. The van der Waals surface area contributed by atoms with Gasteiger partial charge in [-0.15, -0.1) is 0 Å². The Labute approximate surface area is 107 Å². The van der Waals surface area contributed by atoms with Gasteiger partial charge in [0.15, 0.2) is 0 Å². The van der Waals surface area contributed by atoms with Crippen LogP contribution in [0.1, 0.15) is 0 Å². The van der Waals surface area contributed by atoms with Crippen LogP contribution in [-0.4, -0.2) is 18.5 Å². The number of benzene rings is 2. The summed E-state index contributed by atoms with van der Waals surface area (Å²) in [5, 5.41) is 19.6. The molecule has 2 N–H and O–H groups in total. The van der Waals surface area contributed by atoms with E-state index >= 15 is 0 Å². The first-order valence-corrected chi connectivity index (χ1v) is 8.66. The minimum atomic E-state index is -2.05. The molecule has 0 heterocycles. The van der Waals surface area contributed by atoms with Crippen LogP contribution in [0.5, 0.6) is 17.2 Å². The molecule has 0 fully saturated rings. The van der Waals surface area contributed by atoms with Gasteiger partial charge >= 0.3 is 0 Å². The smallest absolute Gasteiger partial charge is 0.276 e. The van der Waals surface area contributed by atoms with E-state index in [2.05, 4.69) is 13.1 Å². The van der Waals surface area contributed by atoms with Crippen LogP contribution >= 0.6 is 0 Å². The van der Waals surface area contributed by atoms with E-state index in [1.54, 1.807) is 36.4 Å². The Bertz CT molecular complexity index is 518. The van der Waals surface area contributed by atoms with Gasteiger partial charge in [-0.2, -0.15) is 0 Å². The first kappa shape index (κ1) is 12.5. The molecule has 0 saturated heterocycles. The molecule has 2 aromatic carbocycles. The second-order valence-electron chi connectivity index (χ2n) is 4.65. The highest BCUT2D eigenvalue weighted by atomic mass is 28.4. The van der Waals surface area contributed by atoms with Gasteiger partial charge in [0.1, 0.15) is 17.2 Å². The molecule has 0 bridgehead atoms. The highest BCUT2D eigenvalue weighted by Crippen LogP contribution is 2.20. The Hall–Kier alpha value is -1.94. The molecule has 18 heavy (non-hydrogen) atoms. The summed E-state index contributed by atoms with van der Waals surface area (Å²) in [5.41, 5.74) is 0. The van der Waals surface area contributed by atoms with Crippen molar-refractivity contribution in [3.05, 3.63) is 48.5 Å². The zero-order valence-electron chi connectivity index (χ0n) is 10.4. The van der Waals surface area contributed by atoms with Crippen molar-refractivity contribution in [1.29, 1.82) is 0 Å². The third-order valence-electron chi connectivity index (χ3n) is 2.77. The van der Waals surface area contributed by atoms with E-state index in [1.165, 1.54) is 0 Å². The maximum Gasteiger partial charge on any atom is 0.276 e. The van der Waals surface area contributed by atoms with E-state index in [9.17, 15) is 10.2 Å². The maximum atomic E-state index is 9.29. The van der Waals surface area contributed by atoms with E-state index in [1.807, 2.05) is 12.1 Å². The van der Waals surface area contributed by atoms with E-state index in [4.69, 9.17) is 4.43 Å². The summed E-state index contributed by atoms with van der Waals surface area (Å²) in [7, 11) is -2.05. The summed E-state index contributed by atoms with van der Waals surface area (Å²) < 4.78 is 6.03. The van der Waals surface area contributed by atoms with Crippen molar-refractivity contribution < 1.29 is 14.6 Å². The average molecular weight is 260 g/mol. The number of hydrogen-bond acceptors (Lipinski definition) is 3. The fraction of sp³-hybridized carbons (Fsp3) is 0.143. The van der Waals surface area contributed by atoms with E-state index < -0.39 is 8.32 Å². The summed E-state index contributed by atoms with van der Waals surface area (Å²) >= 11 is 0. The Balaban J connectivity index is 2.20. The molecule has 2 rings (SSSR count). The number of phenols is 2. The van der Waals surface area contributed by atoms with Gasteiger partial charge in [0.2, 0.25) is 0 Å². The molecule has 0 aliphatic heterocycles. The summed E-state index contributed by atoms with van der Waals surface area (Å²) in [5.74, 6) is 1.23. The highest BCUT2D eigenvalue weighted by Gasteiger charge is 2.27. The SMILES string of the molecule is C[Si](C)(Oc1ccc(O)cc1)c1ccc(O)cc1. The summed E-state index contributed by atoms with van der Waals surface area (Å²) in [6.07, 6.45) is 0. The molecule has 0 aromatic heterocycles. The number of rotatable bonds is 3. The lowest BCUT2D eigenvalue weighted by Gasteiger charge is -2.24. The lowest BCUT2D eigenvalue weighted by atomic mass is 10.3. The Kier molecular flexibility index (Phi) is 3.29. The molecule has 0 aliphatic carbocycles. The van der Waals surface area contributed by atoms with Gasteiger partial charge in [-0.3, -0.25) is 0 Å². The number of phenolic OH excluding ortho intramolecular Hbond substituents is 2. The second kappa shape index (κ2) is 4.74. The van der Waals surface area contributed by atoms with Gasteiger partial charge in [-0.25, -0.2) is 0 Å². The fourth-order valence-corrected chi connectivity index (χ4v) is 3.54. The van der Waals surface area contributed by atoms with Crippen molar-refractivity contribution in [2.24, 2.45) is 0 Å². The molecule has 0 spiro atoms. The van der Waals surface area contributed by atoms with Crippen LogP contribution in [0.2, 0.25) is 13.1 Å². The second-order valence-corrected chi connectivity index (χ2v) is 8.46. The maximum absolute atomic E-state index is 9.29. The molecular weight excluding hydrogens is 244 g/mol. The lowest BCUT2D eigenvalue weighted by Crippen LogP contribution is -2.47. The number of aromatic hydroxyl groups is 2. The average Bonchev–Trinajstić information content (AvgIpc) is 2.32. The first-order valence-electron chi connectivity index (χ1n) is 5.75. The Morgan fingerprint density at radius 3 is 1.72 bits per heavy atom. The molecule has 0 amide bonds. The van der Waals surface area contributed by atoms with Crippen molar-refractivity contribution in [3.63, 3.8) is 0 Å². The molecule has 0 atom stereocenters. The van der Waals surface area contributed by atoms with Crippen molar-refractivity contribution in [3.8, 4) is 17.2 Å². The normalized spacial score (nSPS) is 11.2. The van der Waals surface area contributed by atoms with Gasteiger partial charge in [0.05, 0.1) is 0 Å². The van der Waals surface area contributed by atoms with Crippen LogP contribution in [0.3, 0.4) is 0 Å². The molecule has 0 radical (unpaired) electrons. The van der Waals surface area contributed by atoms with Gasteiger partial charge < -0.3 is 14.6 Å². The molecular formula is C14H16O3Si. The molecule has 0 saturated carbocycles. The van der Waals surface area contributed by atoms with E-state index in [-0.39, 0.29) is 11.5 Å². The van der Waals surface area contributed by atoms with Crippen molar-refractivity contribution >= 4 is 13.5 Å². The fourth-order valence-electron chi connectivity index (χ4n) is 1.73. The monoisotopic (exact) mass is 260 g/mol. The third kappa shape index (κ3) is 2.84. The minimum absolute atomic E-state index is 0.228.